The van der Waals surface area contributed by atoms with Crippen molar-refractivity contribution in [3.63, 3.8) is 0 Å². The maximum absolute atomic E-state index is 4.35. The number of anilines is 1. The van der Waals surface area contributed by atoms with Gasteiger partial charge in [0.05, 0.1) is 9.48 Å². The molecule has 80 valence electrons. The first-order chi connectivity index (χ1) is 7.24. The Morgan fingerprint density at radius 3 is 2.93 bits per heavy atom. The van der Waals surface area contributed by atoms with Crippen molar-refractivity contribution in [1.29, 1.82) is 0 Å². The van der Waals surface area contributed by atoms with E-state index in [0.29, 0.717) is 0 Å². The van der Waals surface area contributed by atoms with Crippen LogP contribution in [0.25, 0.3) is 0 Å². The fourth-order valence-electron chi connectivity index (χ4n) is 1.21. The smallest absolute Gasteiger partial charge is 0.182 e. The quantitative estimate of drug-likeness (QED) is 0.925. The second-order valence-corrected chi connectivity index (χ2v) is 6.58. The van der Waals surface area contributed by atoms with Gasteiger partial charge in [-0.2, -0.15) is 0 Å². The Balaban J connectivity index is 1.80. The highest BCUT2D eigenvalue weighted by molar-refractivity contribution is 9.11. The number of halogens is 1. The standard InChI is InChI=1S/C10H11BrN2S2/c1-7-6-14-10(13-7)12-5-4-8-2-3-9(11)15-8/h2-3,6H,4-5H2,1H3,(H,12,13). The molecular formula is C10H11BrN2S2. The summed E-state index contributed by atoms with van der Waals surface area (Å²) in [7, 11) is 0. The fraction of sp³-hybridized carbons (Fsp3) is 0.300. The van der Waals surface area contributed by atoms with E-state index in [4.69, 9.17) is 0 Å². The highest BCUT2D eigenvalue weighted by Gasteiger charge is 1.99. The summed E-state index contributed by atoms with van der Waals surface area (Å²) in [5, 5.41) is 6.40. The van der Waals surface area contributed by atoms with E-state index in [9.17, 15) is 0 Å². The Morgan fingerprint density at radius 2 is 2.33 bits per heavy atom. The van der Waals surface area contributed by atoms with Crippen molar-refractivity contribution in [2.75, 3.05) is 11.9 Å². The third-order valence-corrected chi connectivity index (χ3v) is 4.50. The molecule has 0 aliphatic carbocycles. The molecule has 2 rings (SSSR count). The van der Waals surface area contributed by atoms with Gasteiger partial charge in [-0.25, -0.2) is 4.98 Å². The lowest BCUT2D eigenvalue weighted by molar-refractivity contribution is 1.03. The van der Waals surface area contributed by atoms with Crippen LogP contribution in [0.1, 0.15) is 10.6 Å². The van der Waals surface area contributed by atoms with Crippen LogP contribution in [0, 0.1) is 6.92 Å². The minimum atomic E-state index is 0.944. The average molecular weight is 303 g/mol. The second kappa shape index (κ2) is 5.09. The van der Waals surface area contributed by atoms with Gasteiger partial charge in [0.15, 0.2) is 5.13 Å². The van der Waals surface area contributed by atoms with Crippen molar-refractivity contribution in [2.24, 2.45) is 0 Å². The molecule has 15 heavy (non-hydrogen) atoms. The Labute approximate surface area is 106 Å². The Bertz CT molecular complexity index is 396. The molecule has 5 heteroatoms. The SMILES string of the molecule is Cc1csc(NCCc2ccc(Br)s2)n1. The number of nitrogens with zero attached hydrogens (tertiary/aromatic N) is 1. The van der Waals surface area contributed by atoms with E-state index < -0.39 is 0 Å². The molecule has 0 bridgehead atoms. The van der Waals surface area contributed by atoms with Gasteiger partial charge in [0.2, 0.25) is 0 Å². The zero-order valence-electron chi connectivity index (χ0n) is 8.29. The van der Waals surface area contributed by atoms with Crippen LogP contribution in [-0.2, 0) is 6.42 Å². The van der Waals surface area contributed by atoms with Crippen LogP contribution >= 0.6 is 38.6 Å². The van der Waals surface area contributed by atoms with Crippen LogP contribution < -0.4 is 5.32 Å². The third-order valence-electron chi connectivity index (χ3n) is 1.90. The van der Waals surface area contributed by atoms with Crippen LogP contribution in [0.3, 0.4) is 0 Å². The van der Waals surface area contributed by atoms with Crippen LogP contribution in [0.5, 0.6) is 0 Å². The molecule has 0 radical (unpaired) electrons. The molecule has 0 saturated heterocycles. The van der Waals surface area contributed by atoms with Crippen LogP contribution in [0.2, 0.25) is 0 Å². The Hall–Kier alpha value is -0.390. The summed E-state index contributed by atoms with van der Waals surface area (Å²) in [6.07, 6.45) is 1.05. The van der Waals surface area contributed by atoms with Gasteiger partial charge >= 0.3 is 0 Å². The summed E-state index contributed by atoms with van der Waals surface area (Å²) in [4.78, 5) is 5.74. The van der Waals surface area contributed by atoms with E-state index in [-0.39, 0.29) is 0 Å². The van der Waals surface area contributed by atoms with Crippen molar-refractivity contribution < 1.29 is 0 Å². The Morgan fingerprint density at radius 1 is 1.47 bits per heavy atom. The number of hydrogen-bond donors (Lipinski definition) is 1. The molecule has 2 nitrogen and oxygen atoms in total. The minimum absolute atomic E-state index is 0.944. The summed E-state index contributed by atoms with van der Waals surface area (Å²) in [6.45, 7) is 2.96. The van der Waals surface area contributed by atoms with E-state index in [1.807, 2.05) is 6.92 Å². The Kier molecular flexibility index (Phi) is 3.77. The number of rotatable bonds is 4. The molecule has 0 amide bonds. The maximum atomic E-state index is 4.35. The zero-order chi connectivity index (χ0) is 10.7. The van der Waals surface area contributed by atoms with E-state index in [2.05, 4.69) is 43.7 Å². The summed E-state index contributed by atoms with van der Waals surface area (Å²) < 4.78 is 1.20. The number of hydrogen-bond acceptors (Lipinski definition) is 4. The van der Waals surface area contributed by atoms with E-state index in [1.165, 1.54) is 8.66 Å². The topological polar surface area (TPSA) is 24.9 Å². The second-order valence-electron chi connectivity index (χ2n) is 3.18. The highest BCUT2D eigenvalue weighted by atomic mass is 79.9. The molecule has 0 unspecified atom stereocenters. The molecular weight excluding hydrogens is 292 g/mol. The molecule has 0 spiro atoms. The third kappa shape index (κ3) is 3.29. The van der Waals surface area contributed by atoms with Gasteiger partial charge in [0, 0.05) is 16.8 Å². The van der Waals surface area contributed by atoms with Crippen molar-refractivity contribution in [3.8, 4) is 0 Å². The lowest BCUT2D eigenvalue weighted by Gasteiger charge is -1.99. The first-order valence-electron chi connectivity index (χ1n) is 4.64. The molecule has 0 aliphatic heterocycles. The lowest BCUT2D eigenvalue weighted by atomic mass is 10.3. The number of thiophene rings is 1. The van der Waals surface area contributed by atoms with Gasteiger partial charge in [0.1, 0.15) is 0 Å². The average Bonchev–Trinajstić information content (AvgIpc) is 2.76. The molecule has 0 saturated carbocycles. The summed E-state index contributed by atoms with van der Waals surface area (Å²) in [5.74, 6) is 0. The van der Waals surface area contributed by atoms with Crippen molar-refractivity contribution in [3.05, 3.63) is 31.9 Å². The fourth-order valence-corrected chi connectivity index (χ4v) is 3.41. The number of aryl methyl sites for hydroxylation is 1. The van der Waals surface area contributed by atoms with Crippen LogP contribution in [0.4, 0.5) is 5.13 Å². The van der Waals surface area contributed by atoms with Gasteiger partial charge in [-0.1, -0.05) is 0 Å². The van der Waals surface area contributed by atoms with Gasteiger partial charge in [-0.3, -0.25) is 0 Å². The largest absolute Gasteiger partial charge is 0.361 e. The lowest BCUT2D eigenvalue weighted by Crippen LogP contribution is -2.03. The molecule has 0 atom stereocenters. The van der Waals surface area contributed by atoms with E-state index in [1.54, 1.807) is 22.7 Å². The van der Waals surface area contributed by atoms with Crippen LogP contribution in [0.15, 0.2) is 21.3 Å². The minimum Gasteiger partial charge on any atom is -0.361 e. The van der Waals surface area contributed by atoms with Gasteiger partial charge in [-0.05, 0) is 41.4 Å². The number of aromatic nitrogens is 1. The highest BCUT2D eigenvalue weighted by Crippen LogP contribution is 2.22. The van der Waals surface area contributed by atoms with Crippen molar-refractivity contribution >= 4 is 43.7 Å². The van der Waals surface area contributed by atoms with Crippen LogP contribution in [-0.4, -0.2) is 11.5 Å². The molecule has 2 aromatic rings. The molecule has 1 N–H and O–H groups in total. The molecule has 2 aromatic heterocycles. The number of thiazole rings is 1. The first-order valence-corrected chi connectivity index (χ1v) is 7.13. The predicted molar refractivity (Wildman–Crippen MR) is 71.1 cm³/mol. The van der Waals surface area contributed by atoms with Crippen molar-refractivity contribution in [1.82, 2.24) is 4.98 Å². The summed E-state index contributed by atoms with van der Waals surface area (Å²) in [5.41, 5.74) is 1.08. The van der Waals surface area contributed by atoms with E-state index in [0.717, 1.165) is 23.8 Å². The van der Waals surface area contributed by atoms with Gasteiger partial charge in [0.25, 0.3) is 0 Å². The molecule has 2 heterocycles. The molecule has 0 aromatic carbocycles. The summed E-state index contributed by atoms with van der Waals surface area (Å²) >= 11 is 6.91. The van der Waals surface area contributed by atoms with Gasteiger partial charge < -0.3 is 5.32 Å². The monoisotopic (exact) mass is 302 g/mol. The summed E-state index contributed by atoms with van der Waals surface area (Å²) in [6, 6.07) is 4.25. The number of nitrogens with one attached hydrogen (secondary N) is 1. The van der Waals surface area contributed by atoms with Crippen molar-refractivity contribution in [2.45, 2.75) is 13.3 Å². The van der Waals surface area contributed by atoms with E-state index >= 15 is 0 Å². The first kappa shape index (κ1) is 11.1. The maximum Gasteiger partial charge on any atom is 0.182 e. The molecule has 0 aliphatic rings. The predicted octanol–water partition coefficient (Wildman–Crippen LogP) is 3.93. The van der Waals surface area contributed by atoms with Gasteiger partial charge in [-0.15, -0.1) is 22.7 Å². The molecule has 0 fully saturated rings. The normalized spacial score (nSPS) is 10.5. The zero-order valence-corrected chi connectivity index (χ0v) is 11.5.